The Hall–Kier alpha value is -3.22. The molecule has 0 radical (unpaired) electrons. The van der Waals surface area contributed by atoms with Crippen molar-refractivity contribution in [1.82, 2.24) is 14.9 Å². The second kappa shape index (κ2) is 8.03. The van der Waals surface area contributed by atoms with Gasteiger partial charge in [-0.05, 0) is 36.6 Å². The summed E-state index contributed by atoms with van der Waals surface area (Å²) < 4.78 is 15.3. The number of hydrogen-bond donors (Lipinski definition) is 2. The maximum absolute atomic E-state index is 13.3. The quantitative estimate of drug-likeness (QED) is 0.675. The molecule has 0 bridgehead atoms. The topological polar surface area (TPSA) is 76.0 Å². The van der Waals surface area contributed by atoms with Gasteiger partial charge in [0, 0.05) is 44.1 Å². The first-order valence-corrected chi connectivity index (χ1v) is 9.77. The molecule has 0 aliphatic carbocycles. The lowest BCUT2D eigenvalue weighted by atomic mass is 9.89. The van der Waals surface area contributed by atoms with Crippen molar-refractivity contribution in [3.63, 3.8) is 0 Å². The minimum atomic E-state index is -0.315. The van der Waals surface area contributed by atoms with Gasteiger partial charge in [0.05, 0.1) is 11.0 Å². The van der Waals surface area contributed by atoms with E-state index in [0.717, 1.165) is 22.6 Å². The Kier molecular flexibility index (Phi) is 5.29. The van der Waals surface area contributed by atoms with Crippen LogP contribution in [-0.4, -0.2) is 27.9 Å². The molecule has 2 amide bonds. The zero-order valence-electron chi connectivity index (χ0n) is 16.2. The third-order valence-corrected chi connectivity index (χ3v) is 5.44. The fourth-order valence-electron chi connectivity index (χ4n) is 3.80. The summed E-state index contributed by atoms with van der Waals surface area (Å²) in [5, 5.41) is 5.80. The van der Waals surface area contributed by atoms with Gasteiger partial charge in [-0.15, -0.1) is 0 Å². The van der Waals surface area contributed by atoms with Crippen LogP contribution in [0.4, 0.5) is 10.1 Å². The molecule has 0 spiro atoms. The SMILES string of the molecule is Cn1c(CCNC(=O)CCC2Cc3ccccc3NC2=O)nc2cc(F)ccc21. The lowest BCUT2D eigenvalue weighted by molar-refractivity contribution is -0.122. The molecule has 1 atom stereocenters. The van der Waals surface area contributed by atoms with E-state index in [2.05, 4.69) is 15.6 Å². The van der Waals surface area contributed by atoms with E-state index in [4.69, 9.17) is 0 Å². The molecule has 0 saturated heterocycles. The van der Waals surface area contributed by atoms with Gasteiger partial charge in [-0.1, -0.05) is 18.2 Å². The molecule has 150 valence electrons. The minimum absolute atomic E-state index is 0.0246. The van der Waals surface area contributed by atoms with Crippen molar-refractivity contribution in [3.8, 4) is 0 Å². The predicted octanol–water partition coefficient (Wildman–Crippen LogP) is 2.96. The summed E-state index contributed by atoms with van der Waals surface area (Å²) in [5.41, 5.74) is 3.44. The summed E-state index contributed by atoms with van der Waals surface area (Å²) in [5.74, 6) is 0.175. The van der Waals surface area contributed by atoms with Crippen molar-refractivity contribution < 1.29 is 14.0 Å². The van der Waals surface area contributed by atoms with E-state index in [1.807, 2.05) is 35.9 Å². The highest BCUT2D eigenvalue weighted by atomic mass is 19.1. The van der Waals surface area contributed by atoms with E-state index in [1.165, 1.54) is 12.1 Å². The number of aryl methyl sites for hydroxylation is 1. The number of aromatic nitrogens is 2. The molecular weight excluding hydrogens is 371 g/mol. The van der Waals surface area contributed by atoms with Gasteiger partial charge in [0.1, 0.15) is 11.6 Å². The number of fused-ring (bicyclic) bond motifs is 2. The molecule has 1 aromatic heterocycles. The van der Waals surface area contributed by atoms with E-state index in [0.29, 0.717) is 37.7 Å². The average Bonchev–Trinajstić information content (AvgIpc) is 3.01. The van der Waals surface area contributed by atoms with Gasteiger partial charge in [0.25, 0.3) is 0 Å². The Morgan fingerprint density at radius 3 is 3.00 bits per heavy atom. The smallest absolute Gasteiger partial charge is 0.227 e. The summed E-state index contributed by atoms with van der Waals surface area (Å²) >= 11 is 0. The molecule has 2 aromatic carbocycles. The van der Waals surface area contributed by atoms with Crippen LogP contribution in [0.1, 0.15) is 24.2 Å². The third-order valence-electron chi connectivity index (χ3n) is 5.44. The van der Waals surface area contributed by atoms with E-state index < -0.39 is 0 Å². The second-order valence-corrected chi connectivity index (χ2v) is 7.41. The molecule has 3 aromatic rings. The van der Waals surface area contributed by atoms with Crippen LogP contribution < -0.4 is 10.6 Å². The van der Waals surface area contributed by atoms with Gasteiger partial charge in [-0.2, -0.15) is 0 Å². The van der Waals surface area contributed by atoms with Crippen molar-refractivity contribution >= 4 is 28.5 Å². The molecule has 1 aliphatic heterocycles. The first-order valence-electron chi connectivity index (χ1n) is 9.77. The molecule has 4 rings (SSSR count). The number of hydrogen-bond acceptors (Lipinski definition) is 3. The van der Waals surface area contributed by atoms with Crippen molar-refractivity contribution in [3.05, 3.63) is 59.7 Å². The molecule has 1 unspecified atom stereocenters. The molecular formula is C22H23FN4O2. The van der Waals surface area contributed by atoms with Crippen LogP contribution in [0.15, 0.2) is 42.5 Å². The fourth-order valence-corrected chi connectivity index (χ4v) is 3.80. The third kappa shape index (κ3) is 4.13. The van der Waals surface area contributed by atoms with Crippen molar-refractivity contribution in [2.45, 2.75) is 25.7 Å². The monoisotopic (exact) mass is 394 g/mol. The number of imidazole rings is 1. The van der Waals surface area contributed by atoms with Crippen LogP contribution in [0.25, 0.3) is 11.0 Å². The van der Waals surface area contributed by atoms with E-state index in [-0.39, 0.29) is 23.5 Å². The Balaban J connectivity index is 1.27. The molecule has 2 heterocycles. The van der Waals surface area contributed by atoms with Crippen molar-refractivity contribution in [1.29, 1.82) is 0 Å². The highest BCUT2D eigenvalue weighted by Gasteiger charge is 2.26. The largest absolute Gasteiger partial charge is 0.356 e. The standard InChI is InChI=1S/C22H23FN4O2/c1-27-19-8-7-16(23)13-18(19)25-20(27)10-11-24-21(28)9-6-15-12-14-4-2-3-5-17(14)26-22(15)29/h2-5,7-8,13,15H,6,9-12H2,1H3,(H,24,28)(H,26,29). The van der Waals surface area contributed by atoms with Crippen LogP contribution in [0.2, 0.25) is 0 Å². The lowest BCUT2D eigenvalue weighted by Gasteiger charge is -2.24. The average molecular weight is 394 g/mol. The van der Waals surface area contributed by atoms with Gasteiger partial charge >= 0.3 is 0 Å². The molecule has 6 nitrogen and oxygen atoms in total. The molecule has 7 heteroatoms. The molecule has 29 heavy (non-hydrogen) atoms. The Morgan fingerprint density at radius 2 is 2.14 bits per heavy atom. The lowest BCUT2D eigenvalue weighted by Crippen LogP contribution is -2.32. The van der Waals surface area contributed by atoms with Crippen LogP contribution in [0, 0.1) is 11.7 Å². The van der Waals surface area contributed by atoms with Crippen LogP contribution in [0.5, 0.6) is 0 Å². The minimum Gasteiger partial charge on any atom is -0.356 e. The summed E-state index contributed by atoms with van der Waals surface area (Å²) in [6.07, 6.45) is 2.02. The highest BCUT2D eigenvalue weighted by molar-refractivity contribution is 5.96. The van der Waals surface area contributed by atoms with Crippen molar-refractivity contribution in [2.24, 2.45) is 13.0 Å². The van der Waals surface area contributed by atoms with E-state index >= 15 is 0 Å². The number of carbonyl (C=O) groups is 2. The van der Waals surface area contributed by atoms with Gasteiger partial charge < -0.3 is 15.2 Å². The van der Waals surface area contributed by atoms with E-state index in [1.54, 1.807) is 6.07 Å². The van der Waals surface area contributed by atoms with Gasteiger partial charge in [-0.3, -0.25) is 9.59 Å². The van der Waals surface area contributed by atoms with Gasteiger partial charge in [0.15, 0.2) is 0 Å². The summed E-state index contributed by atoms with van der Waals surface area (Å²) in [7, 11) is 1.88. The van der Waals surface area contributed by atoms with E-state index in [9.17, 15) is 14.0 Å². The first kappa shape index (κ1) is 19.1. The number of halogens is 1. The zero-order valence-corrected chi connectivity index (χ0v) is 16.2. The Bertz CT molecular complexity index is 1080. The predicted molar refractivity (Wildman–Crippen MR) is 109 cm³/mol. The van der Waals surface area contributed by atoms with Crippen LogP contribution in [-0.2, 0) is 29.5 Å². The number of para-hydroxylation sites is 1. The number of amides is 2. The normalized spacial score (nSPS) is 15.8. The zero-order chi connectivity index (χ0) is 20.4. The second-order valence-electron chi connectivity index (χ2n) is 7.41. The number of anilines is 1. The molecule has 0 fully saturated rings. The number of carbonyl (C=O) groups excluding carboxylic acids is 2. The van der Waals surface area contributed by atoms with Crippen LogP contribution >= 0.6 is 0 Å². The summed E-state index contributed by atoms with van der Waals surface area (Å²) in [6.45, 7) is 0.443. The summed E-state index contributed by atoms with van der Waals surface area (Å²) in [6, 6.07) is 12.3. The van der Waals surface area contributed by atoms with Crippen molar-refractivity contribution in [2.75, 3.05) is 11.9 Å². The summed E-state index contributed by atoms with van der Waals surface area (Å²) in [4.78, 5) is 28.9. The maximum Gasteiger partial charge on any atom is 0.227 e. The first-order chi connectivity index (χ1) is 14.0. The maximum atomic E-state index is 13.3. The van der Waals surface area contributed by atoms with Gasteiger partial charge in [-0.25, -0.2) is 9.37 Å². The number of benzene rings is 2. The fraction of sp³-hybridized carbons (Fsp3) is 0.318. The van der Waals surface area contributed by atoms with Crippen LogP contribution in [0.3, 0.4) is 0 Å². The Labute approximate surface area is 168 Å². The number of nitrogens with one attached hydrogen (secondary N) is 2. The molecule has 0 saturated carbocycles. The number of rotatable bonds is 6. The highest BCUT2D eigenvalue weighted by Crippen LogP contribution is 2.27. The molecule has 1 aliphatic rings. The Morgan fingerprint density at radius 1 is 1.31 bits per heavy atom. The van der Waals surface area contributed by atoms with Gasteiger partial charge in [0.2, 0.25) is 11.8 Å². The molecule has 2 N–H and O–H groups in total. The number of nitrogens with zero attached hydrogens (tertiary/aromatic N) is 2.